The minimum absolute atomic E-state index is 0.194. The first-order valence-electron chi connectivity index (χ1n) is 20.2. The Morgan fingerprint density at radius 1 is 0.405 bits per heavy atom. The minimum atomic E-state index is -8.33. The lowest BCUT2D eigenvalue weighted by Crippen LogP contribution is -2.69. The summed E-state index contributed by atoms with van der Waals surface area (Å²) in [4.78, 5) is 12.1. The highest BCUT2D eigenvalue weighted by atomic mass is 19.4. The maximum atomic E-state index is 16.7. The predicted octanol–water partition coefficient (Wildman–Crippen LogP) is 16.9. The molecule has 2 aliphatic rings. The van der Waals surface area contributed by atoms with Gasteiger partial charge in [-0.3, -0.25) is 0 Å². The molecule has 396 valence electrons. The molecule has 2 aromatic carbocycles. The summed E-state index contributed by atoms with van der Waals surface area (Å²) in [5.74, 6) is -69.9. The highest BCUT2D eigenvalue weighted by Crippen LogP contribution is 2.63. The van der Waals surface area contributed by atoms with Crippen LogP contribution in [0.4, 0.5) is 105 Å². The smallest absolute Gasteiger partial charge is 0.354 e. The molecule has 2 N–H and O–H groups in total. The predicted molar refractivity (Wildman–Crippen MR) is 219 cm³/mol. The number of alkyl halides is 22. The highest BCUT2D eigenvalue weighted by Gasteiger charge is 2.91. The summed E-state index contributed by atoms with van der Waals surface area (Å²) in [7, 11) is 0. The van der Waals surface area contributed by atoms with Gasteiger partial charge in [-0.25, -0.2) is 18.7 Å². The standard InChI is InChI=1S/C46H24F24N4/c1-19-5-3-7-21(17-19)31-23-9-11-27(71-23)33(35(47)36(48)38(51,52)40(55,56)43(61,62)45(65,66)67)28-12-10-24(72-28)32(22-8-4-6-20(2)18-22)26-14-16-30(74-26)34(29-15-13-25(31)73-29)37(49,50)39(53,54)41(57,58)42(59,60)44(63,64)46(68,69)70/h3-18,71-72H,1-2H3/b31-23?,31-25?,32-24?,32-26?,33-27?,33-28?,34-29?,34-30?,36-35+. The Labute approximate surface area is 396 Å². The molecule has 0 radical (unpaired) electrons. The number of nitrogens with zero attached hydrogens (tertiary/aromatic N) is 2. The monoisotopic (exact) mass is 1090 g/mol. The van der Waals surface area contributed by atoms with Crippen molar-refractivity contribution in [2.75, 3.05) is 0 Å². The lowest BCUT2D eigenvalue weighted by molar-refractivity contribution is -0.441. The molecule has 4 nitrogen and oxygen atoms in total. The number of allylic oxidation sites excluding steroid dienone is 1. The molecule has 2 aliphatic heterocycles. The normalized spacial score (nSPS) is 15.0. The maximum Gasteiger partial charge on any atom is 0.460 e. The van der Waals surface area contributed by atoms with E-state index in [1.54, 1.807) is 0 Å². The number of halogens is 24. The van der Waals surface area contributed by atoms with Crippen LogP contribution in [0, 0.1) is 13.8 Å². The van der Waals surface area contributed by atoms with E-state index in [-0.39, 0.29) is 34.4 Å². The largest absolute Gasteiger partial charge is 0.460 e. The van der Waals surface area contributed by atoms with E-state index in [0.29, 0.717) is 24.3 Å². The first kappa shape index (κ1) is 54.9. The molecule has 0 atom stereocenters. The number of aromatic nitrogens is 4. The van der Waals surface area contributed by atoms with Crippen molar-refractivity contribution in [3.63, 3.8) is 0 Å². The summed E-state index contributed by atoms with van der Waals surface area (Å²) in [6.45, 7) is 2.79. The van der Waals surface area contributed by atoms with E-state index in [0.717, 1.165) is 24.3 Å². The van der Waals surface area contributed by atoms with Crippen LogP contribution in [-0.2, 0) is 5.92 Å². The van der Waals surface area contributed by atoms with Gasteiger partial charge in [0.15, 0.2) is 5.83 Å². The topological polar surface area (TPSA) is 57.4 Å². The Morgan fingerprint density at radius 3 is 1.14 bits per heavy atom. The van der Waals surface area contributed by atoms with Crippen molar-refractivity contribution >= 4 is 52.2 Å². The van der Waals surface area contributed by atoms with E-state index < -0.39 is 138 Å². The molecule has 5 aromatic rings. The molecule has 0 amide bonds. The molecule has 5 heterocycles. The molecule has 0 fully saturated rings. The third-order valence-corrected chi connectivity index (χ3v) is 11.4. The van der Waals surface area contributed by atoms with Crippen molar-refractivity contribution in [3.05, 3.63) is 124 Å². The Bertz CT molecular complexity index is 3190. The van der Waals surface area contributed by atoms with Gasteiger partial charge < -0.3 is 9.97 Å². The van der Waals surface area contributed by atoms with E-state index in [4.69, 9.17) is 0 Å². The van der Waals surface area contributed by atoms with E-state index >= 15 is 43.9 Å². The van der Waals surface area contributed by atoms with Gasteiger partial charge in [0.2, 0.25) is 5.83 Å². The maximum absolute atomic E-state index is 16.7. The molecule has 7 rings (SSSR count). The second-order valence-electron chi connectivity index (χ2n) is 16.5. The molecule has 0 spiro atoms. The SMILES string of the molecule is Cc1cccc(-c2c3nc(c(C(F)(F)C(F)(F)C(F)(F)C(F)(F)C(F)(F)C(F)(F)F)c4nc(c(-c5cccc(C)c5)c5ccc([nH]5)c(/C(F)=C(\F)C(F)(F)C(F)(F)C(F)(F)C(F)(F)F)c5ccc2[nH]5)C=C4)C=C3)c1. The third-order valence-electron chi connectivity index (χ3n) is 11.4. The van der Waals surface area contributed by atoms with Gasteiger partial charge in [-0.1, -0.05) is 59.7 Å². The fourth-order valence-electron chi connectivity index (χ4n) is 7.66. The van der Waals surface area contributed by atoms with Crippen molar-refractivity contribution in [1.82, 2.24) is 19.9 Å². The summed E-state index contributed by atoms with van der Waals surface area (Å²) in [5.41, 5.74) is -13.5. The highest BCUT2D eigenvalue weighted by molar-refractivity contribution is 5.97. The molecular formula is C46H24F24N4. The van der Waals surface area contributed by atoms with Crippen molar-refractivity contribution in [2.45, 2.75) is 73.6 Å². The van der Waals surface area contributed by atoms with Crippen LogP contribution in [0.2, 0.25) is 0 Å². The zero-order valence-electron chi connectivity index (χ0n) is 36.2. The van der Waals surface area contributed by atoms with Gasteiger partial charge in [0.1, 0.15) is 0 Å². The van der Waals surface area contributed by atoms with E-state index in [2.05, 4.69) is 19.9 Å². The fourth-order valence-corrected chi connectivity index (χ4v) is 7.66. The summed E-state index contributed by atoms with van der Waals surface area (Å²) in [5, 5.41) is 0. The van der Waals surface area contributed by atoms with Crippen molar-refractivity contribution in [1.29, 1.82) is 0 Å². The molecule has 3 aromatic heterocycles. The number of H-pyrrole nitrogens is 2. The quantitative estimate of drug-likeness (QED) is 0.127. The Balaban J connectivity index is 1.69. The number of aromatic amines is 2. The second kappa shape index (κ2) is 17.3. The van der Waals surface area contributed by atoms with Gasteiger partial charge >= 0.3 is 59.7 Å². The van der Waals surface area contributed by atoms with Crippen LogP contribution in [0.3, 0.4) is 0 Å². The Kier molecular flexibility index (Phi) is 12.9. The molecular weight excluding hydrogens is 1060 g/mol. The molecule has 0 aliphatic carbocycles. The van der Waals surface area contributed by atoms with Crippen LogP contribution in [-0.4, -0.2) is 73.7 Å². The van der Waals surface area contributed by atoms with Crippen LogP contribution in [0.5, 0.6) is 0 Å². The molecule has 0 saturated heterocycles. The second-order valence-corrected chi connectivity index (χ2v) is 16.5. The number of benzene rings is 2. The summed E-state index contributed by atoms with van der Waals surface area (Å²) < 4.78 is 351. The van der Waals surface area contributed by atoms with E-state index in [9.17, 15) is 61.5 Å². The van der Waals surface area contributed by atoms with Gasteiger partial charge in [0.05, 0.1) is 44.9 Å². The van der Waals surface area contributed by atoms with Crippen LogP contribution in [0.15, 0.2) is 78.6 Å². The van der Waals surface area contributed by atoms with E-state index in [1.165, 1.54) is 50.2 Å². The fraction of sp³-hybridized carbons (Fsp3) is 0.261. The van der Waals surface area contributed by atoms with Crippen molar-refractivity contribution in [3.8, 4) is 22.3 Å². The number of aryl methyl sites for hydroxylation is 2. The minimum Gasteiger partial charge on any atom is -0.354 e. The zero-order valence-corrected chi connectivity index (χ0v) is 36.2. The average molecular weight is 1090 g/mol. The van der Waals surface area contributed by atoms with Crippen LogP contribution >= 0.6 is 0 Å². The molecule has 0 unspecified atom stereocenters. The summed E-state index contributed by atoms with van der Waals surface area (Å²) >= 11 is 0. The molecule has 8 bridgehead atoms. The van der Waals surface area contributed by atoms with Gasteiger partial charge in [-0.2, -0.15) is 96.6 Å². The van der Waals surface area contributed by atoms with Crippen LogP contribution < -0.4 is 0 Å². The lowest BCUT2D eigenvalue weighted by Gasteiger charge is -2.40. The number of rotatable bonds is 11. The van der Waals surface area contributed by atoms with Gasteiger partial charge in [-0.15, -0.1) is 0 Å². The molecule has 28 heteroatoms. The first-order chi connectivity index (χ1) is 33.7. The number of hydrogen-bond acceptors (Lipinski definition) is 2. The van der Waals surface area contributed by atoms with Crippen molar-refractivity contribution in [2.24, 2.45) is 0 Å². The molecule has 74 heavy (non-hydrogen) atoms. The molecule has 0 saturated carbocycles. The number of nitrogens with one attached hydrogen (secondary N) is 2. The Hall–Kier alpha value is -6.90. The number of fused-ring (bicyclic) bond motifs is 8. The van der Waals surface area contributed by atoms with Crippen LogP contribution in [0.25, 0.3) is 74.5 Å². The van der Waals surface area contributed by atoms with Crippen LogP contribution in [0.1, 0.15) is 45.0 Å². The zero-order chi connectivity index (χ0) is 55.5. The Morgan fingerprint density at radius 2 is 0.757 bits per heavy atom. The van der Waals surface area contributed by atoms with Crippen molar-refractivity contribution < 1.29 is 105 Å². The van der Waals surface area contributed by atoms with Gasteiger partial charge in [0.25, 0.3) is 0 Å². The summed E-state index contributed by atoms with van der Waals surface area (Å²) in [6.07, 6.45) is -13.5. The van der Waals surface area contributed by atoms with Gasteiger partial charge in [0, 0.05) is 22.2 Å². The summed E-state index contributed by atoms with van der Waals surface area (Å²) in [6, 6.07) is 12.8. The average Bonchev–Trinajstić information content (AvgIpc) is 4.13. The third kappa shape index (κ3) is 8.16. The lowest BCUT2D eigenvalue weighted by atomic mass is 9.89. The number of hydrogen-bond donors (Lipinski definition) is 2. The van der Waals surface area contributed by atoms with E-state index in [1.807, 2.05) is 0 Å². The van der Waals surface area contributed by atoms with Gasteiger partial charge in [-0.05, 0) is 73.5 Å². The first-order valence-corrected chi connectivity index (χ1v) is 20.2.